The molecule has 0 amide bonds. The summed E-state index contributed by atoms with van der Waals surface area (Å²) in [6, 6.07) is 23.9. The molecule has 1 aromatic heterocycles. The second-order valence-electron chi connectivity index (χ2n) is 5.02. The van der Waals surface area contributed by atoms with E-state index in [1.54, 1.807) is 18.0 Å². The van der Waals surface area contributed by atoms with Crippen molar-refractivity contribution in [3.05, 3.63) is 95.7 Å². The third kappa shape index (κ3) is 3.75. The van der Waals surface area contributed by atoms with Gasteiger partial charge < -0.3 is 5.11 Å². The van der Waals surface area contributed by atoms with Crippen LogP contribution in [0.15, 0.2) is 84.0 Å². The van der Waals surface area contributed by atoms with Crippen LogP contribution in [-0.2, 0) is 5.75 Å². The number of hydrogen-bond acceptors (Lipinski definition) is 3. The summed E-state index contributed by atoms with van der Waals surface area (Å²) in [4.78, 5) is 4.44. The molecule has 22 heavy (non-hydrogen) atoms. The Hall–Kier alpha value is -2.10. The predicted molar refractivity (Wildman–Crippen MR) is 90.7 cm³/mol. The first kappa shape index (κ1) is 14.8. The highest BCUT2D eigenvalue weighted by Crippen LogP contribution is 2.24. The van der Waals surface area contributed by atoms with Crippen molar-refractivity contribution in [1.82, 2.24) is 4.98 Å². The molecule has 0 aliphatic heterocycles. The molecule has 110 valence electrons. The molecule has 3 heteroatoms. The van der Waals surface area contributed by atoms with Gasteiger partial charge in [-0.15, -0.1) is 11.8 Å². The quantitative estimate of drug-likeness (QED) is 0.707. The molecule has 0 bridgehead atoms. The van der Waals surface area contributed by atoms with Crippen molar-refractivity contribution in [1.29, 1.82) is 0 Å². The molecule has 0 radical (unpaired) electrons. The minimum Gasteiger partial charge on any atom is -0.384 e. The summed E-state index contributed by atoms with van der Waals surface area (Å²) >= 11 is 1.70. The van der Waals surface area contributed by atoms with Crippen molar-refractivity contribution in [2.75, 3.05) is 0 Å². The maximum Gasteiger partial charge on any atom is 0.106 e. The first-order valence-electron chi connectivity index (χ1n) is 7.18. The smallest absolute Gasteiger partial charge is 0.106 e. The zero-order chi connectivity index (χ0) is 15.2. The van der Waals surface area contributed by atoms with Gasteiger partial charge in [0.15, 0.2) is 0 Å². The van der Waals surface area contributed by atoms with Gasteiger partial charge in [0.25, 0.3) is 0 Å². The number of nitrogens with zero attached hydrogens (tertiary/aromatic N) is 1. The molecule has 3 rings (SSSR count). The third-order valence-corrected chi connectivity index (χ3v) is 4.43. The normalized spacial score (nSPS) is 12.0. The van der Waals surface area contributed by atoms with Crippen LogP contribution in [0.2, 0.25) is 0 Å². The van der Waals surface area contributed by atoms with E-state index in [9.17, 15) is 5.11 Å². The summed E-state index contributed by atoms with van der Waals surface area (Å²) in [6.45, 7) is 0. The van der Waals surface area contributed by atoms with Crippen LogP contribution in [0.4, 0.5) is 0 Å². The van der Waals surface area contributed by atoms with Gasteiger partial charge in [-0.25, -0.2) is 4.98 Å². The van der Waals surface area contributed by atoms with E-state index in [0.717, 1.165) is 21.9 Å². The lowest BCUT2D eigenvalue weighted by Gasteiger charge is -2.11. The number of aromatic nitrogens is 1. The fourth-order valence-corrected chi connectivity index (χ4v) is 3.00. The third-order valence-electron chi connectivity index (χ3n) is 3.42. The minimum absolute atomic E-state index is 0.623. The molecule has 1 atom stereocenters. The van der Waals surface area contributed by atoms with Gasteiger partial charge in [-0.1, -0.05) is 66.7 Å². The SMILES string of the molecule is OC(c1ccccc1)c1ccc(SCc2ccccc2)nc1. The monoisotopic (exact) mass is 307 g/mol. The van der Waals surface area contributed by atoms with Crippen LogP contribution in [0.1, 0.15) is 22.8 Å². The van der Waals surface area contributed by atoms with Gasteiger partial charge in [-0.2, -0.15) is 0 Å². The van der Waals surface area contributed by atoms with Gasteiger partial charge in [-0.3, -0.25) is 0 Å². The van der Waals surface area contributed by atoms with Gasteiger partial charge in [0.05, 0.1) is 5.03 Å². The summed E-state index contributed by atoms with van der Waals surface area (Å²) in [7, 11) is 0. The predicted octanol–water partition coefficient (Wildman–Crippen LogP) is 4.46. The van der Waals surface area contributed by atoms with Crippen LogP contribution in [0.3, 0.4) is 0 Å². The van der Waals surface area contributed by atoms with Crippen LogP contribution in [0.25, 0.3) is 0 Å². The molecule has 0 saturated carbocycles. The Kier molecular flexibility index (Phi) is 4.88. The number of rotatable bonds is 5. The molecule has 1 unspecified atom stereocenters. The molecule has 0 fully saturated rings. The van der Waals surface area contributed by atoms with E-state index >= 15 is 0 Å². The van der Waals surface area contributed by atoms with Crippen LogP contribution in [-0.4, -0.2) is 10.1 Å². The summed E-state index contributed by atoms with van der Waals surface area (Å²) in [5.41, 5.74) is 2.98. The Balaban J connectivity index is 1.65. The van der Waals surface area contributed by atoms with Gasteiger partial charge in [0, 0.05) is 17.5 Å². The first-order valence-corrected chi connectivity index (χ1v) is 8.17. The van der Waals surface area contributed by atoms with Crippen molar-refractivity contribution in [2.45, 2.75) is 16.9 Å². The van der Waals surface area contributed by atoms with E-state index < -0.39 is 6.10 Å². The van der Waals surface area contributed by atoms with Crippen LogP contribution >= 0.6 is 11.8 Å². The Morgan fingerprint density at radius 1 is 0.818 bits per heavy atom. The fraction of sp³-hybridized carbons (Fsp3) is 0.105. The molecule has 1 N–H and O–H groups in total. The standard InChI is InChI=1S/C19H17NOS/c21-19(16-9-5-2-6-10-16)17-11-12-18(20-13-17)22-14-15-7-3-1-4-8-15/h1-13,19,21H,14H2. The Morgan fingerprint density at radius 2 is 1.50 bits per heavy atom. The molecular formula is C19H17NOS. The van der Waals surface area contributed by atoms with Gasteiger partial charge in [-0.05, 0) is 17.2 Å². The number of pyridine rings is 1. The molecular weight excluding hydrogens is 290 g/mol. The number of benzene rings is 2. The molecule has 0 aliphatic carbocycles. The van der Waals surface area contributed by atoms with E-state index in [1.165, 1.54) is 5.56 Å². The molecule has 2 nitrogen and oxygen atoms in total. The van der Waals surface area contributed by atoms with Gasteiger partial charge in [0.2, 0.25) is 0 Å². The van der Waals surface area contributed by atoms with Crippen molar-refractivity contribution >= 4 is 11.8 Å². The lowest BCUT2D eigenvalue weighted by Crippen LogP contribution is -2.00. The lowest BCUT2D eigenvalue weighted by molar-refractivity contribution is 0.219. The van der Waals surface area contributed by atoms with Crippen molar-refractivity contribution < 1.29 is 5.11 Å². The highest BCUT2D eigenvalue weighted by atomic mass is 32.2. The maximum atomic E-state index is 10.3. The number of thioether (sulfide) groups is 1. The highest BCUT2D eigenvalue weighted by Gasteiger charge is 2.10. The summed E-state index contributed by atoms with van der Waals surface area (Å²) < 4.78 is 0. The number of hydrogen-bond donors (Lipinski definition) is 1. The molecule has 0 spiro atoms. The maximum absolute atomic E-state index is 10.3. The topological polar surface area (TPSA) is 33.1 Å². The van der Waals surface area contributed by atoms with Crippen molar-refractivity contribution in [2.24, 2.45) is 0 Å². The summed E-state index contributed by atoms with van der Waals surface area (Å²) in [5, 5.41) is 11.3. The largest absolute Gasteiger partial charge is 0.384 e. The van der Waals surface area contributed by atoms with Crippen LogP contribution in [0, 0.1) is 0 Å². The van der Waals surface area contributed by atoms with Gasteiger partial charge in [0.1, 0.15) is 6.10 Å². The zero-order valence-electron chi connectivity index (χ0n) is 12.1. The van der Waals surface area contributed by atoms with E-state index in [1.807, 2.05) is 60.7 Å². The lowest BCUT2D eigenvalue weighted by atomic mass is 10.0. The van der Waals surface area contributed by atoms with Crippen molar-refractivity contribution in [3.63, 3.8) is 0 Å². The first-order chi connectivity index (χ1) is 10.8. The van der Waals surface area contributed by atoms with Crippen molar-refractivity contribution in [3.8, 4) is 0 Å². The second kappa shape index (κ2) is 7.25. The van der Waals surface area contributed by atoms with E-state index in [2.05, 4.69) is 17.1 Å². The Morgan fingerprint density at radius 3 is 2.14 bits per heavy atom. The average Bonchev–Trinajstić information content (AvgIpc) is 2.61. The Labute approximate surface area is 134 Å². The molecule has 0 saturated heterocycles. The molecule has 0 aliphatic rings. The average molecular weight is 307 g/mol. The number of aliphatic hydroxyl groups is 1. The van der Waals surface area contributed by atoms with E-state index in [0.29, 0.717) is 0 Å². The molecule has 3 aromatic rings. The summed E-state index contributed by atoms with van der Waals surface area (Å²) in [5.74, 6) is 0.897. The Bertz CT molecular complexity index is 699. The summed E-state index contributed by atoms with van der Waals surface area (Å²) in [6.07, 6.45) is 1.13. The van der Waals surface area contributed by atoms with Gasteiger partial charge >= 0.3 is 0 Å². The molecule has 2 aromatic carbocycles. The van der Waals surface area contributed by atoms with Crippen LogP contribution < -0.4 is 0 Å². The minimum atomic E-state index is -0.623. The number of aliphatic hydroxyl groups excluding tert-OH is 1. The highest BCUT2D eigenvalue weighted by molar-refractivity contribution is 7.98. The van der Waals surface area contributed by atoms with Crippen LogP contribution in [0.5, 0.6) is 0 Å². The van der Waals surface area contributed by atoms with E-state index in [-0.39, 0.29) is 0 Å². The zero-order valence-corrected chi connectivity index (χ0v) is 12.9. The molecule has 1 heterocycles. The van der Waals surface area contributed by atoms with E-state index in [4.69, 9.17) is 0 Å². The second-order valence-corrected chi connectivity index (χ2v) is 6.01. The fourth-order valence-electron chi connectivity index (χ4n) is 2.20.